The van der Waals surface area contributed by atoms with Crippen LogP contribution in [0, 0.1) is 17.8 Å². The summed E-state index contributed by atoms with van der Waals surface area (Å²) in [4.78, 5) is 0. The molecule has 0 fully saturated rings. The van der Waals surface area contributed by atoms with Crippen LogP contribution < -0.4 is 0 Å². The molecule has 0 rings (SSSR count). The Morgan fingerprint density at radius 3 is 1.78 bits per heavy atom. The monoisotopic (exact) mass is 252 g/mol. The molecular weight excluding hydrogens is 218 g/mol. The molecule has 0 spiro atoms. The van der Waals surface area contributed by atoms with Gasteiger partial charge < -0.3 is 0 Å². The number of hydrogen-bond acceptors (Lipinski definition) is 0. The molecule has 0 amide bonds. The highest BCUT2D eigenvalue weighted by molar-refractivity contribution is 5.80. The smallest absolute Gasteiger partial charge is 0.177 e. The highest BCUT2D eigenvalue weighted by Crippen LogP contribution is 2.22. The first-order chi connectivity index (χ1) is 8.27. The Balaban J connectivity index is 5.40. The van der Waals surface area contributed by atoms with Gasteiger partial charge >= 0.3 is 0 Å². The summed E-state index contributed by atoms with van der Waals surface area (Å²) < 4.78 is 2.41. The van der Waals surface area contributed by atoms with Crippen LogP contribution in [0.4, 0.5) is 0 Å². The number of allylic oxidation sites excluding steroid dienone is 2. The lowest BCUT2D eigenvalue weighted by molar-refractivity contribution is -0.448. The van der Waals surface area contributed by atoms with Gasteiger partial charge in [-0.1, -0.05) is 41.0 Å². The summed E-state index contributed by atoms with van der Waals surface area (Å²) in [7, 11) is 2.22. The van der Waals surface area contributed by atoms with Crippen LogP contribution in [0.2, 0.25) is 0 Å². The summed E-state index contributed by atoms with van der Waals surface area (Å²) >= 11 is 0. The van der Waals surface area contributed by atoms with Crippen LogP contribution in [0.15, 0.2) is 11.3 Å². The standard InChI is InChI=1S/C17H34N/c1-10-13(5)17(11-2)16(8)18(9)15(7)14(6)12(3)4/h12-13,17H,10-11H2,1-9H3/q+1. The van der Waals surface area contributed by atoms with Crippen molar-refractivity contribution >= 4 is 5.71 Å². The fourth-order valence-electron chi connectivity index (χ4n) is 2.59. The molecule has 0 aromatic rings. The molecule has 0 aliphatic carbocycles. The van der Waals surface area contributed by atoms with E-state index in [1.165, 1.54) is 29.8 Å². The third kappa shape index (κ3) is 4.26. The molecule has 0 aromatic heterocycles. The molecule has 106 valence electrons. The molecule has 1 heteroatoms. The average Bonchev–Trinajstić information content (AvgIpc) is 2.36. The van der Waals surface area contributed by atoms with Gasteiger partial charge in [0.2, 0.25) is 0 Å². The van der Waals surface area contributed by atoms with Crippen LogP contribution >= 0.6 is 0 Å². The van der Waals surface area contributed by atoms with E-state index in [1.54, 1.807) is 0 Å². The maximum absolute atomic E-state index is 2.41. The van der Waals surface area contributed by atoms with Crippen molar-refractivity contribution < 1.29 is 4.58 Å². The van der Waals surface area contributed by atoms with Gasteiger partial charge in [-0.05, 0) is 30.8 Å². The molecule has 2 atom stereocenters. The van der Waals surface area contributed by atoms with Crippen molar-refractivity contribution in [1.29, 1.82) is 0 Å². The molecule has 18 heavy (non-hydrogen) atoms. The SMILES string of the molecule is CCC(C)C(CC)C(C)=[N+](C)C(C)=C(C)C(C)C. The summed E-state index contributed by atoms with van der Waals surface area (Å²) in [6.07, 6.45) is 2.49. The molecular formula is C17H34N+. The molecule has 0 bridgehead atoms. The lowest BCUT2D eigenvalue weighted by atomic mass is 9.86. The molecule has 0 aliphatic rings. The number of nitrogens with zero attached hydrogens (tertiary/aromatic N) is 1. The van der Waals surface area contributed by atoms with Crippen molar-refractivity contribution in [2.24, 2.45) is 17.8 Å². The maximum Gasteiger partial charge on any atom is 0.177 e. The lowest BCUT2D eigenvalue weighted by Gasteiger charge is -2.20. The maximum atomic E-state index is 2.41. The Bertz CT molecular complexity index is 321. The Kier molecular flexibility index (Phi) is 7.51. The summed E-state index contributed by atoms with van der Waals surface area (Å²) in [6, 6.07) is 0. The second-order valence-electron chi connectivity index (χ2n) is 6.02. The van der Waals surface area contributed by atoms with Gasteiger partial charge in [-0.3, -0.25) is 0 Å². The van der Waals surface area contributed by atoms with E-state index < -0.39 is 0 Å². The van der Waals surface area contributed by atoms with E-state index in [2.05, 4.69) is 67.0 Å². The fraction of sp³-hybridized carbons (Fsp3) is 0.824. The van der Waals surface area contributed by atoms with Gasteiger partial charge in [0.1, 0.15) is 7.05 Å². The minimum atomic E-state index is 0.629. The van der Waals surface area contributed by atoms with E-state index in [0.717, 1.165) is 5.92 Å². The normalized spacial score (nSPS) is 18.3. The first-order valence-corrected chi connectivity index (χ1v) is 7.52. The molecule has 0 aliphatic heterocycles. The summed E-state index contributed by atoms with van der Waals surface area (Å²) in [5.74, 6) is 2.10. The van der Waals surface area contributed by atoms with Gasteiger partial charge in [-0.15, -0.1) is 0 Å². The summed E-state index contributed by atoms with van der Waals surface area (Å²) in [6.45, 7) is 18.3. The van der Waals surface area contributed by atoms with Crippen molar-refractivity contribution in [3.8, 4) is 0 Å². The van der Waals surface area contributed by atoms with Crippen LogP contribution in [-0.2, 0) is 0 Å². The molecule has 0 N–H and O–H groups in total. The van der Waals surface area contributed by atoms with Crippen molar-refractivity contribution in [1.82, 2.24) is 0 Å². The molecule has 0 radical (unpaired) electrons. The first-order valence-electron chi connectivity index (χ1n) is 7.52. The van der Waals surface area contributed by atoms with Crippen LogP contribution in [0.25, 0.3) is 0 Å². The van der Waals surface area contributed by atoms with Crippen LogP contribution in [0.5, 0.6) is 0 Å². The number of rotatable bonds is 6. The minimum absolute atomic E-state index is 0.629. The van der Waals surface area contributed by atoms with Crippen molar-refractivity contribution in [2.75, 3.05) is 7.05 Å². The van der Waals surface area contributed by atoms with E-state index in [1.807, 2.05) is 0 Å². The second kappa shape index (κ2) is 7.76. The largest absolute Gasteiger partial charge is 0.207 e. The predicted octanol–water partition coefficient (Wildman–Crippen LogP) is 5.11. The van der Waals surface area contributed by atoms with Crippen molar-refractivity contribution in [3.63, 3.8) is 0 Å². The Hall–Kier alpha value is -0.590. The first kappa shape index (κ1) is 17.4. The van der Waals surface area contributed by atoms with Gasteiger partial charge in [0.25, 0.3) is 0 Å². The predicted molar refractivity (Wildman–Crippen MR) is 83.3 cm³/mol. The third-order valence-corrected chi connectivity index (χ3v) is 4.78. The van der Waals surface area contributed by atoms with Gasteiger partial charge in [-0.25, -0.2) is 4.58 Å². The molecule has 1 nitrogen and oxygen atoms in total. The van der Waals surface area contributed by atoms with Gasteiger partial charge in [0, 0.05) is 19.8 Å². The van der Waals surface area contributed by atoms with Gasteiger partial charge in [0.05, 0.1) is 0 Å². The second-order valence-corrected chi connectivity index (χ2v) is 6.02. The fourth-order valence-corrected chi connectivity index (χ4v) is 2.59. The zero-order valence-corrected chi connectivity index (χ0v) is 14.1. The average molecular weight is 252 g/mol. The number of hydrogen-bond donors (Lipinski definition) is 0. The third-order valence-electron chi connectivity index (χ3n) is 4.78. The summed E-state index contributed by atoms with van der Waals surface area (Å²) in [5, 5.41) is 0. The molecule has 0 saturated heterocycles. The zero-order chi connectivity index (χ0) is 14.5. The Morgan fingerprint density at radius 1 is 0.944 bits per heavy atom. The quantitative estimate of drug-likeness (QED) is 0.456. The van der Waals surface area contributed by atoms with Gasteiger partial charge in [-0.2, -0.15) is 0 Å². The van der Waals surface area contributed by atoms with Crippen LogP contribution in [0.3, 0.4) is 0 Å². The highest BCUT2D eigenvalue weighted by atomic mass is 15.0. The Labute approximate surface area is 115 Å². The van der Waals surface area contributed by atoms with E-state index in [-0.39, 0.29) is 0 Å². The van der Waals surface area contributed by atoms with Crippen LogP contribution in [0.1, 0.15) is 68.2 Å². The summed E-state index contributed by atoms with van der Waals surface area (Å²) in [5.41, 5.74) is 4.43. The van der Waals surface area contributed by atoms with E-state index in [9.17, 15) is 0 Å². The lowest BCUT2D eigenvalue weighted by Crippen LogP contribution is -2.27. The van der Waals surface area contributed by atoms with Crippen molar-refractivity contribution in [3.05, 3.63) is 11.3 Å². The van der Waals surface area contributed by atoms with E-state index in [4.69, 9.17) is 0 Å². The van der Waals surface area contributed by atoms with E-state index >= 15 is 0 Å². The molecule has 0 saturated carbocycles. The van der Waals surface area contributed by atoms with E-state index in [0.29, 0.717) is 11.8 Å². The van der Waals surface area contributed by atoms with Crippen molar-refractivity contribution in [2.45, 2.75) is 68.2 Å². The van der Waals surface area contributed by atoms with Crippen LogP contribution in [-0.4, -0.2) is 17.3 Å². The zero-order valence-electron chi connectivity index (χ0n) is 14.1. The molecule has 0 heterocycles. The topological polar surface area (TPSA) is 3.01 Å². The minimum Gasteiger partial charge on any atom is -0.207 e. The Morgan fingerprint density at radius 2 is 1.44 bits per heavy atom. The van der Waals surface area contributed by atoms with Gasteiger partial charge in [0.15, 0.2) is 11.4 Å². The molecule has 0 aromatic carbocycles. The molecule has 2 unspecified atom stereocenters. The highest BCUT2D eigenvalue weighted by Gasteiger charge is 2.24.